The Morgan fingerprint density at radius 1 is 1.08 bits per heavy atom. The van der Waals surface area contributed by atoms with Crippen LogP contribution >= 0.6 is 0 Å². The maximum atomic E-state index is 12.5. The molecule has 0 aliphatic rings. The van der Waals surface area contributed by atoms with E-state index in [1.165, 1.54) is 0 Å². The molecule has 24 heavy (non-hydrogen) atoms. The van der Waals surface area contributed by atoms with Crippen LogP contribution in [0.4, 0.5) is 5.69 Å². The largest absolute Gasteiger partial charge is 0.294 e. The van der Waals surface area contributed by atoms with Gasteiger partial charge in [0.1, 0.15) is 5.92 Å². The van der Waals surface area contributed by atoms with E-state index >= 15 is 0 Å². The highest BCUT2D eigenvalue weighted by Crippen LogP contribution is 2.35. The van der Waals surface area contributed by atoms with Crippen molar-refractivity contribution in [1.82, 2.24) is 0 Å². The number of hydrogen-bond donors (Lipinski definition) is 0. The minimum atomic E-state index is -1.02. The van der Waals surface area contributed by atoms with Crippen LogP contribution < -0.4 is 0 Å². The van der Waals surface area contributed by atoms with Crippen molar-refractivity contribution in [2.45, 2.75) is 12.3 Å². The minimum Gasteiger partial charge on any atom is -0.294 e. The van der Waals surface area contributed by atoms with Gasteiger partial charge in [-0.05, 0) is 11.1 Å². The van der Waals surface area contributed by atoms with Crippen molar-refractivity contribution in [1.29, 1.82) is 10.5 Å². The van der Waals surface area contributed by atoms with Crippen LogP contribution in [0.1, 0.15) is 28.3 Å². The van der Waals surface area contributed by atoms with E-state index in [0.717, 1.165) is 0 Å². The van der Waals surface area contributed by atoms with Crippen LogP contribution in [0.3, 0.4) is 0 Å². The molecule has 0 fully saturated rings. The first kappa shape index (κ1) is 16.8. The summed E-state index contributed by atoms with van der Waals surface area (Å²) in [6.07, 6.45) is -0.0201. The highest BCUT2D eigenvalue weighted by atomic mass is 16.1. The van der Waals surface area contributed by atoms with E-state index in [1.54, 1.807) is 54.6 Å². The van der Waals surface area contributed by atoms with E-state index in [2.05, 4.69) is 10.0 Å². The van der Waals surface area contributed by atoms with Crippen molar-refractivity contribution in [2.24, 2.45) is 11.0 Å². The second-order valence-electron chi connectivity index (χ2n) is 5.08. The lowest BCUT2D eigenvalue weighted by Gasteiger charge is -2.19. The maximum absolute atomic E-state index is 12.5. The van der Waals surface area contributed by atoms with E-state index in [1.807, 2.05) is 12.1 Å². The van der Waals surface area contributed by atoms with Crippen LogP contribution in [0.25, 0.3) is 10.4 Å². The van der Waals surface area contributed by atoms with Crippen molar-refractivity contribution < 1.29 is 4.79 Å². The standard InChI is InChI=1S/C18H13N5O/c19-11-14(12-20)16(10-18(24)13-6-2-1-3-7-13)15-8-4-5-9-17(15)22-23-21/h1-9,14,16H,10H2. The molecule has 0 heterocycles. The molecule has 0 aliphatic heterocycles. The van der Waals surface area contributed by atoms with Gasteiger partial charge in [0.15, 0.2) is 5.78 Å². The van der Waals surface area contributed by atoms with Crippen LogP contribution in [-0.4, -0.2) is 5.78 Å². The molecule has 6 nitrogen and oxygen atoms in total. The van der Waals surface area contributed by atoms with Crippen molar-refractivity contribution in [3.63, 3.8) is 0 Å². The summed E-state index contributed by atoms with van der Waals surface area (Å²) in [6, 6.07) is 19.2. The average Bonchev–Trinajstić information content (AvgIpc) is 2.63. The van der Waals surface area contributed by atoms with Crippen molar-refractivity contribution in [3.05, 3.63) is 76.2 Å². The molecule has 0 bridgehead atoms. The Morgan fingerprint density at radius 3 is 2.33 bits per heavy atom. The molecule has 116 valence electrons. The summed E-state index contributed by atoms with van der Waals surface area (Å²) < 4.78 is 0. The van der Waals surface area contributed by atoms with E-state index in [4.69, 9.17) is 5.53 Å². The summed E-state index contributed by atoms with van der Waals surface area (Å²) in [5.74, 6) is -1.87. The molecule has 0 saturated heterocycles. The van der Waals surface area contributed by atoms with Gasteiger partial charge in [-0.3, -0.25) is 4.79 Å². The monoisotopic (exact) mass is 315 g/mol. The van der Waals surface area contributed by atoms with Gasteiger partial charge in [-0.25, -0.2) is 0 Å². The third-order valence-electron chi connectivity index (χ3n) is 3.67. The molecule has 2 rings (SSSR count). The Morgan fingerprint density at radius 2 is 1.71 bits per heavy atom. The summed E-state index contributed by atoms with van der Waals surface area (Å²) in [6.45, 7) is 0. The second-order valence-corrected chi connectivity index (χ2v) is 5.08. The smallest absolute Gasteiger partial charge is 0.163 e. The van der Waals surface area contributed by atoms with Crippen LogP contribution in [0.15, 0.2) is 59.7 Å². The first-order chi connectivity index (χ1) is 11.7. The Hall–Kier alpha value is -3.60. The molecule has 1 unspecified atom stereocenters. The van der Waals surface area contributed by atoms with Gasteiger partial charge in [-0.15, -0.1) is 0 Å². The van der Waals surface area contributed by atoms with Gasteiger partial charge in [0, 0.05) is 28.5 Å². The zero-order chi connectivity index (χ0) is 17.4. The lowest BCUT2D eigenvalue weighted by atomic mass is 9.82. The summed E-state index contributed by atoms with van der Waals surface area (Å²) in [5, 5.41) is 22.2. The first-order valence-corrected chi connectivity index (χ1v) is 7.22. The molecule has 2 aromatic rings. The number of benzene rings is 2. The van der Waals surface area contributed by atoms with Crippen molar-refractivity contribution >= 4 is 11.5 Å². The van der Waals surface area contributed by atoms with Crippen molar-refractivity contribution in [3.8, 4) is 12.1 Å². The normalized spacial score (nSPS) is 11.0. The Bertz CT molecular complexity index is 843. The van der Waals surface area contributed by atoms with Crippen molar-refractivity contribution in [2.75, 3.05) is 0 Å². The number of carbonyl (C=O) groups excluding carboxylic acids is 1. The summed E-state index contributed by atoms with van der Waals surface area (Å²) in [4.78, 5) is 15.3. The van der Waals surface area contributed by atoms with Gasteiger partial charge < -0.3 is 0 Å². The molecule has 0 aromatic heterocycles. The van der Waals surface area contributed by atoms with Crippen LogP contribution in [0, 0.1) is 28.6 Å². The molecular formula is C18H13N5O. The number of ketones is 1. The number of hydrogen-bond acceptors (Lipinski definition) is 4. The molecule has 0 radical (unpaired) electrons. The quantitative estimate of drug-likeness (QED) is 0.334. The molecule has 0 aliphatic carbocycles. The maximum Gasteiger partial charge on any atom is 0.163 e. The van der Waals surface area contributed by atoms with E-state index in [0.29, 0.717) is 16.8 Å². The van der Waals surface area contributed by atoms with Gasteiger partial charge in [0.25, 0.3) is 0 Å². The number of nitrogens with zero attached hydrogens (tertiary/aromatic N) is 5. The van der Waals surface area contributed by atoms with Gasteiger partial charge in [0.05, 0.1) is 12.1 Å². The number of carbonyl (C=O) groups is 1. The van der Waals surface area contributed by atoms with Gasteiger partial charge in [-0.1, -0.05) is 59.7 Å². The molecule has 1 atom stereocenters. The molecular weight excluding hydrogens is 302 g/mol. The fourth-order valence-electron chi connectivity index (χ4n) is 2.50. The molecule has 6 heteroatoms. The highest BCUT2D eigenvalue weighted by molar-refractivity contribution is 5.96. The fourth-order valence-corrected chi connectivity index (χ4v) is 2.50. The average molecular weight is 315 g/mol. The third kappa shape index (κ3) is 3.78. The minimum absolute atomic E-state index is 0.0201. The Kier molecular flexibility index (Phi) is 5.69. The summed E-state index contributed by atoms with van der Waals surface area (Å²) in [7, 11) is 0. The zero-order valence-corrected chi connectivity index (χ0v) is 12.7. The second kappa shape index (κ2) is 8.14. The van der Waals surface area contributed by atoms with Gasteiger partial charge in [-0.2, -0.15) is 10.5 Å². The molecule has 0 saturated carbocycles. The Labute approximate surface area is 139 Å². The lowest BCUT2D eigenvalue weighted by Crippen LogP contribution is -2.15. The van der Waals surface area contributed by atoms with Gasteiger partial charge >= 0.3 is 0 Å². The molecule has 0 amide bonds. The lowest BCUT2D eigenvalue weighted by molar-refractivity contribution is 0.0971. The predicted octanol–water partition coefficient (Wildman–Crippen LogP) is 4.65. The van der Waals surface area contributed by atoms with Gasteiger partial charge in [0.2, 0.25) is 0 Å². The number of Topliss-reactive ketones (excluding diaryl/α,β-unsaturated/α-hetero) is 1. The number of nitriles is 2. The molecule has 0 spiro atoms. The topological polar surface area (TPSA) is 113 Å². The SMILES string of the molecule is N#CC(C#N)C(CC(=O)c1ccccc1)c1ccccc1N=[N+]=[N-]. The predicted molar refractivity (Wildman–Crippen MR) is 88.1 cm³/mol. The Balaban J connectivity index is 2.44. The van der Waals surface area contributed by atoms with E-state index < -0.39 is 11.8 Å². The zero-order valence-electron chi connectivity index (χ0n) is 12.7. The third-order valence-corrected chi connectivity index (χ3v) is 3.67. The van der Waals surface area contributed by atoms with E-state index in [9.17, 15) is 15.3 Å². The highest BCUT2D eigenvalue weighted by Gasteiger charge is 2.27. The summed E-state index contributed by atoms with van der Waals surface area (Å²) >= 11 is 0. The summed E-state index contributed by atoms with van der Waals surface area (Å²) in [5.41, 5.74) is 10.1. The van der Waals surface area contributed by atoms with Crippen LogP contribution in [-0.2, 0) is 0 Å². The van der Waals surface area contributed by atoms with Crippen LogP contribution in [0.5, 0.6) is 0 Å². The first-order valence-electron chi connectivity index (χ1n) is 7.22. The fraction of sp³-hybridized carbons (Fsp3) is 0.167. The number of azide groups is 1. The molecule has 2 aromatic carbocycles. The number of rotatable bonds is 6. The molecule has 0 N–H and O–H groups in total. The van der Waals surface area contributed by atoms with E-state index in [-0.39, 0.29) is 12.2 Å². The van der Waals surface area contributed by atoms with Crippen LogP contribution in [0.2, 0.25) is 0 Å².